The summed E-state index contributed by atoms with van der Waals surface area (Å²) in [5.41, 5.74) is 0.176. The van der Waals surface area contributed by atoms with Gasteiger partial charge in [-0.25, -0.2) is 0 Å². The molecule has 0 aromatic heterocycles. The maximum atomic E-state index is 12.9. The van der Waals surface area contributed by atoms with Crippen LogP contribution in [0.15, 0.2) is 18.2 Å². The normalized spacial score (nSPS) is 22.4. The maximum absolute atomic E-state index is 12.9. The lowest BCUT2D eigenvalue weighted by Crippen LogP contribution is -2.47. The zero-order chi connectivity index (χ0) is 15.7. The summed E-state index contributed by atoms with van der Waals surface area (Å²) in [4.78, 5) is 2.39. The number of benzene rings is 1. The van der Waals surface area contributed by atoms with Gasteiger partial charge in [-0.3, -0.25) is 4.90 Å². The molecular weight excluding hydrogens is 313 g/mol. The number of rotatable bonds is 3. The number of hydrogen-bond donors (Lipinski definition) is 1. The summed E-state index contributed by atoms with van der Waals surface area (Å²) in [5, 5.41) is 3.13. The first-order chi connectivity index (χ1) is 10.5. The van der Waals surface area contributed by atoms with Gasteiger partial charge in [-0.15, -0.1) is 0 Å². The van der Waals surface area contributed by atoms with E-state index in [-0.39, 0.29) is 11.1 Å². The molecule has 122 valence electrons. The number of nitrogens with one attached hydrogen (secondary N) is 1. The smallest absolute Gasteiger partial charge is 0.314 e. The van der Waals surface area contributed by atoms with Crippen LogP contribution in [0.2, 0.25) is 5.02 Å². The third-order valence-electron chi connectivity index (χ3n) is 4.78. The third kappa shape index (κ3) is 3.26. The van der Waals surface area contributed by atoms with Crippen LogP contribution >= 0.6 is 11.6 Å². The summed E-state index contributed by atoms with van der Waals surface area (Å²) in [6.45, 7) is 3.72. The van der Waals surface area contributed by atoms with Crippen LogP contribution in [-0.2, 0) is 6.18 Å². The predicted octanol–water partition coefficient (Wildman–Crippen LogP) is 4.11. The van der Waals surface area contributed by atoms with Crippen molar-refractivity contribution in [3.63, 3.8) is 0 Å². The minimum absolute atomic E-state index is 0.190. The quantitative estimate of drug-likeness (QED) is 0.896. The lowest BCUT2D eigenvalue weighted by atomic mass is 9.76. The Hall–Kier alpha value is -0.780. The van der Waals surface area contributed by atoms with Gasteiger partial charge in [0.25, 0.3) is 0 Å². The monoisotopic (exact) mass is 332 g/mol. The lowest BCUT2D eigenvalue weighted by molar-refractivity contribution is -0.137. The molecule has 1 heterocycles. The Kier molecular flexibility index (Phi) is 4.67. The number of hydrogen-bond acceptors (Lipinski definition) is 2. The van der Waals surface area contributed by atoms with Crippen molar-refractivity contribution in [3.8, 4) is 0 Å². The molecule has 1 aromatic carbocycles. The fourth-order valence-electron chi connectivity index (χ4n) is 3.44. The predicted molar refractivity (Wildman–Crippen MR) is 81.0 cm³/mol. The minimum Gasteiger partial charge on any atom is -0.314 e. The molecule has 2 nitrogen and oxygen atoms in total. The van der Waals surface area contributed by atoms with E-state index >= 15 is 0 Å². The van der Waals surface area contributed by atoms with E-state index in [9.17, 15) is 13.2 Å². The van der Waals surface area contributed by atoms with Crippen molar-refractivity contribution in [2.24, 2.45) is 5.92 Å². The van der Waals surface area contributed by atoms with E-state index < -0.39 is 11.7 Å². The molecule has 0 spiro atoms. The largest absolute Gasteiger partial charge is 0.417 e. The van der Waals surface area contributed by atoms with Crippen LogP contribution in [0, 0.1) is 5.92 Å². The molecule has 2 fully saturated rings. The summed E-state index contributed by atoms with van der Waals surface area (Å²) in [6, 6.07) is 4.45. The van der Waals surface area contributed by atoms with Crippen molar-refractivity contribution >= 4 is 11.6 Å². The Bertz CT molecular complexity index is 523. The molecule has 0 amide bonds. The first-order valence-corrected chi connectivity index (χ1v) is 8.16. The second-order valence-corrected chi connectivity index (χ2v) is 6.57. The van der Waals surface area contributed by atoms with Gasteiger partial charge in [-0.2, -0.15) is 13.2 Å². The van der Waals surface area contributed by atoms with Crippen molar-refractivity contribution in [2.45, 2.75) is 31.5 Å². The average molecular weight is 333 g/mol. The Balaban J connectivity index is 1.89. The molecule has 3 rings (SSSR count). The van der Waals surface area contributed by atoms with Crippen molar-refractivity contribution < 1.29 is 13.2 Å². The first-order valence-electron chi connectivity index (χ1n) is 7.78. The highest BCUT2D eigenvalue weighted by atomic mass is 35.5. The molecule has 0 radical (unpaired) electrons. The van der Waals surface area contributed by atoms with Crippen LogP contribution in [0.5, 0.6) is 0 Å². The fourth-order valence-corrected chi connectivity index (χ4v) is 3.74. The van der Waals surface area contributed by atoms with Crippen LogP contribution < -0.4 is 5.32 Å². The van der Waals surface area contributed by atoms with Crippen LogP contribution in [0.25, 0.3) is 0 Å². The highest BCUT2D eigenvalue weighted by molar-refractivity contribution is 6.31. The molecule has 0 bridgehead atoms. The molecule has 1 saturated carbocycles. The van der Waals surface area contributed by atoms with E-state index in [4.69, 9.17) is 11.6 Å². The maximum Gasteiger partial charge on any atom is 0.417 e. The van der Waals surface area contributed by atoms with Gasteiger partial charge in [0, 0.05) is 32.2 Å². The standard InChI is InChI=1S/C16H20ClF3N2/c17-14-10-12(4-5-13(14)16(18,19)20)15(11-2-1-3-11)22-8-6-21-7-9-22/h4-5,10-11,15,21H,1-3,6-9H2/t15-/m1/s1. The van der Waals surface area contributed by atoms with Gasteiger partial charge in [-0.1, -0.05) is 24.1 Å². The number of nitrogens with zero attached hydrogens (tertiary/aromatic N) is 1. The fraction of sp³-hybridized carbons (Fsp3) is 0.625. The van der Waals surface area contributed by atoms with Gasteiger partial charge in [0.1, 0.15) is 0 Å². The van der Waals surface area contributed by atoms with E-state index in [1.165, 1.54) is 12.5 Å². The summed E-state index contributed by atoms with van der Waals surface area (Å²) < 4.78 is 38.6. The van der Waals surface area contributed by atoms with Gasteiger partial charge in [-0.05, 0) is 36.5 Å². The van der Waals surface area contributed by atoms with Gasteiger partial charge in [0.2, 0.25) is 0 Å². The Morgan fingerprint density at radius 3 is 2.36 bits per heavy atom. The van der Waals surface area contributed by atoms with Gasteiger partial charge in [0.15, 0.2) is 0 Å². The van der Waals surface area contributed by atoms with Gasteiger partial charge >= 0.3 is 6.18 Å². The van der Waals surface area contributed by atoms with Crippen LogP contribution in [-0.4, -0.2) is 31.1 Å². The molecule has 2 aliphatic rings. The Morgan fingerprint density at radius 2 is 1.86 bits per heavy atom. The minimum atomic E-state index is -4.39. The molecule has 1 aliphatic heterocycles. The molecule has 1 N–H and O–H groups in total. The number of halogens is 4. The van der Waals surface area contributed by atoms with Crippen molar-refractivity contribution in [1.29, 1.82) is 0 Å². The second-order valence-electron chi connectivity index (χ2n) is 6.16. The summed E-state index contributed by atoms with van der Waals surface area (Å²) in [5.74, 6) is 0.533. The molecular formula is C16H20ClF3N2. The second kappa shape index (κ2) is 6.38. The van der Waals surface area contributed by atoms with E-state index in [0.717, 1.165) is 50.7 Å². The van der Waals surface area contributed by atoms with Crippen molar-refractivity contribution in [1.82, 2.24) is 10.2 Å². The zero-order valence-electron chi connectivity index (χ0n) is 12.3. The van der Waals surface area contributed by atoms with Crippen molar-refractivity contribution in [3.05, 3.63) is 34.3 Å². The topological polar surface area (TPSA) is 15.3 Å². The molecule has 6 heteroatoms. The van der Waals surface area contributed by atoms with E-state index in [2.05, 4.69) is 10.2 Å². The third-order valence-corrected chi connectivity index (χ3v) is 5.09. The van der Waals surface area contributed by atoms with E-state index in [1.54, 1.807) is 6.07 Å². The highest BCUT2D eigenvalue weighted by Gasteiger charge is 2.36. The van der Waals surface area contributed by atoms with Gasteiger partial charge in [0.05, 0.1) is 10.6 Å². The van der Waals surface area contributed by atoms with E-state index in [1.807, 2.05) is 0 Å². The van der Waals surface area contributed by atoms with Crippen LogP contribution in [0.3, 0.4) is 0 Å². The summed E-state index contributed by atoms with van der Waals surface area (Å²) in [6.07, 6.45) is -0.890. The molecule has 1 atom stereocenters. The first kappa shape index (κ1) is 16.1. The Labute approximate surface area is 133 Å². The summed E-state index contributed by atoms with van der Waals surface area (Å²) in [7, 11) is 0. The molecule has 1 aliphatic carbocycles. The van der Waals surface area contributed by atoms with E-state index in [0.29, 0.717) is 5.92 Å². The zero-order valence-corrected chi connectivity index (χ0v) is 13.1. The lowest BCUT2D eigenvalue weighted by Gasteiger charge is -2.43. The summed E-state index contributed by atoms with van der Waals surface area (Å²) >= 11 is 5.91. The molecule has 22 heavy (non-hydrogen) atoms. The van der Waals surface area contributed by atoms with Crippen molar-refractivity contribution in [2.75, 3.05) is 26.2 Å². The molecule has 0 unspecified atom stereocenters. The highest BCUT2D eigenvalue weighted by Crippen LogP contribution is 2.43. The SMILES string of the molecule is FC(F)(F)c1ccc([C@@H](C2CCC2)N2CCNCC2)cc1Cl. The molecule has 1 saturated heterocycles. The van der Waals surface area contributed by atoms with Crippen LogP contribution in [0.4, 0.5) is 13.2 Å². The Morgan fingerprint density at radius 1 is 1.18 bits per heavy atom. The van der Waals surface area contributed by atoms with Crippen LogP contribution in [0.1, 0.15) is 36.4 Å². The van der Waals surface area contributed by atoms with Gasteiger partial charge < -0.3 is 5.32 Å². The molecule has 1 aromatic rings. The average Bonchev–Trinajstić information content (AvgIpc) is 2.42. The number of alkyl halides is 3. The number of piperazine rings is 1.